The Morgan fingerprint density at radius 1 is 1.30 bits per heavy atom. The zero-order chi connectivity index (χ0) is 21.3. The van der Waals surface area contributed by atoms with Crippen LogP contribution in [0.5, 0.6) is 0 Å². The summed E-state index contributed by atoms with van der Waals surface area (Å²) in [7, 11) is -3.86. The molecule has 3 heterocycles. The van der Waals surface area contributed by atoms with Gasteiger partial charge in [0.25, 0.3) is 5.91 Å². The molecule has 162 valence electrons. The van der Waals surface area contributed by atoms with Crippen LogP contribution in [-0.4, -0.2) is 55.2 Å². The molecule has 0 unspecified atom stereocenters. The van der Waals surface area contributed by atoms with Gasteiger partial charge in [-0.2, -0.15) is 5.10 Å². The molecule has 0 aliphatic carbocycles. The number of hydrogen-bond acceptors (Lipinski definition) is 5. The van der Waals surface area contributed by atoms with Crippen molar-refractivity contribution < 1.29 is 22.3 Å². The molecule has 1 aromatic heterocycles. The number of carbonyl (C=O) groups excluding carboxylic acids is 1. The minimum atomic E-state index is -3.86. The molecular formula is C20H25FN4O4S. The zero-order valence-corrected chi connectivity index (χ0v) is 17.7. The van der Waals surface area contributed by atoms with E-state index < -0.39 is 15.8 Å². The molecule has 0 atom stereocenters. The summed E-state index contributed by atoms with van der Waals surface area (Å²) >= 11 is 0. The number of aryl methyl sites for hydroxylation is 1. The van der Waals surface area contributed by atoms with Crippen LogP contribution < -0.4 is 4.72 Å². The molecule has 1 N–H and O–H groups in total. The molecule has 30 heavy (non-hydrogen) atoms. The van der Waals surface area contributed by atoms with Crippen molar-refractivity contribution in [2.24, 2.45) is 0 Å². The molecular weight excluding hydrogens is 411 g/mol. The van der Waals surface area contributed by atoms with E-state index in [1.165, 1.54) is 12.1 Å². The standard InChI is InChI=1S/C20H25FN4O4S/c1-14-4-5-15(21)12-18(14)30(27,28)22-7-10-25-17-6-11-29-13-16(17)19(23-25)20(26)24-8-2-3-9-24/h4-5,12,22H,2-3,6-11,13H2,1H3. The average Bonchev–Trinajstić information content (AvgIpc) is 3.38. The summed E-state index contributed by atoms with van der Waals surface area (Å²) in [5, 5.41) is 4.51. The van der Waals surface area contributed by atoms with Gasteiger partial charge in [-0.1, -0.05) is 6.07 Å². The van der Waals surface area contributed by atoms with Gasteiger partial charge in [-0.25, -0.2) is 17.5 Å². The second-order valence-corrected chi connectivity index (χ2v) is 9.34. The second kappa shape index (κ2) is 8.44. The van der Waals surface area contributed by atoms with Crippen LogP contribution in [0.1, 0.15) is 40.2 Å². The number of hydrogen-bond donors (Lipinski definition) is 1. The van der Waals surface area contributed by atoms with Crippen LogP contribution in [-0.2, 0) is 34.3 Å². The number of rotatable bonds is 6. The number of nitrogens with one attached hydrogen (secondary N) is 1. The molecule has 1 fully saturated rings. The van der Waals surface area contributed by atoms with Crippen LogP contribution >= 0.6 is 0 Å². The Labute approximate surface area is 175 Å². The molecule has 8 nitrogen and oxygen atoms in total. The lowest BCUT2D eigenvalue weighted by molar-refractivity contribution is 0.0772. The molecule has 4 rings (SSSR count). The Kier molecular flexibility index (Phi) is 5.90. The highest BCUT2D eigenvalue weighted by Gasteiger charge is 2.29. The Balaban J connectivity index is 1.51. The summed E-state index contributed by atoms with van der Waals surface area (Å²) in [5.41, 5.74) is 2.57. The van der Waals surface area contributed by atoms with Crippen molar-refractivity contribution in [3.63, 3.8) is 0 Å². The largest absolute Gasteiger partial charge is 0.376 e. The van der Waals surface area contributed by atoms with Crippen molar-refractivity contribution in [3.8, 4) is 0 Å². The highest BCUT2D eigenvalue weighted by atomic mass is 32.2. The number of fused-ring (bicyclic) bond motifs is 1. The predicted octanol–water partition coefficient (Wildman–Crippen LogP) is 1.62. The lowest BCUT2D eigenvalue weighted by Gasteiger charge is -2.17. The van der Waals surface area contributed by atoms with E-state index in [-0.39, 0.29) is 23.9 Å². The Morgan fingerprint density at radius 3 is 2.83 bits per heavy atom. The molecule has 0 bridgehead atoms. The number of benzene rings is 1. The number of amides is 1. The van der Waals surface area contributed by atoms with Crippen molar-refractivity contribution in [3.05, 3.63) is 46.5 Å². The van der Waals surface area contributed by atoms with E-state index in [0.29, 0.717) is 30.9 Å². The molecule has 2 aromatic rings. The molecule has 2 aliphatic heterocycles. The van der Waals surface area contributed by atoms with Crippen LogP contribution in [0.4, 0.5) is 4.39 Å². The van der Waals surface area contributed by atoms with Crippen molar-refractivity contribution in [1.29, 1.82) is 0 Å². The number of ether oxygens (including phenoxy) is 1. The minimum absolute atomic E-state index is 0.0740. The normalized spacial score (nSPS) is 16.7. The molecule has 1 saturated heterocycles. The number of likely N-dealkylation sites (tertiary alicyclic amines) is 1. The fourth-order valence-corrected chi connectivity index (χ4v) is 5.24. The highest BCUT2D eigenvalue weighted by molar-refractivity contribution is 7.89. The topological polar surface area (TPSA) is 93.5 Å². The summed E-state index contributed by atoms with van der Waals surface area (Å²) < 4.78 is 48.4. The first kappa shape index (κ1) is 21.0. The minimum Gasteiger partial charge on any atom is -0.376 e. The lowest BCUT2D eigenvalue weighted by Crippen LogP contribution is -2.29. The van der Waals surface area contributed by atoms with Crippen LogP contribution in [0, 0.1) is 12.7 Å². The number of carbonyl (C=O) groups is 1. The molecule has 0 saturated carbocycles. The summed E-state index contributed by atoms with van der Waals surface area (Å²) in [6.07, 6.45) is 2.60. The van der Waals surface area contributed by atoms with Crippen LogP contribution in [0.25, 0.3) is 0 Å². The zero-order valence-electron chi connectivity index (χ0n) is 16.9. The van der Waals surface area contributed by atoms with Crippen molar-refractivity contribution in [2.45, 2.75) is 44.2 Å². The van der Waals surface area contributed by atoms with Gasteiger partial charge in [-0.3, -0.25) is 9.48 Å². The maximum Gasteiger partial charge on any atom is 0.274 e. The van der Waals surface area contributed by atoms with Gasteiger partial charge >= 0.3 is 0 Å². The van der Waals surface area contributed by atoms with Gasteiger partial charge in [0.05, 0.1) is 24.7 Å². The summed E-state index contributed by atoms with van der Waals surface area (Å²) in [5.74, 6) is -0.698. The van der Waals surface area contributed by atoms with E-state index in [2.05, 4.69) is 9.82 Å². The quantitative estimate of drug-likeness (QED) is 0.743. The molecule has 0 spiro atoms. The first-order valence-corrected chi connectivity index (χ1v) is 11.6. The van der Waals surface area contributed by atoms with Gasteiger partial charge < -0.3 is 9.64 Å². The third kappa shape index (κ3) is 4.12. The SMILES string of the molecule is Cc1ccc(F)cc1S(=O)(=O)NCCn1nc(C(=O)N2CCCC2)c2c1CCOC2. The lowest BCUT2D eigenvalue weighted by atomic mass is 10.1. The van der Waals surface area contributed by atoms with Gasteiger partial charge in [0.15, 0.2) is 5.69 Å². The summed E-state index contributed by atoms with van der Waals surface area (Å²) in [4.78, 5) is 14.6. The third-order valence-electron chi connectivity index (χ3n) is 5.55. The van der Waals surface area contributed by atoms with E-state index in [4.69, 9.17) is 4.74 Å². The first-order chi connectivity index (χ1) is 14.4. The van der Waals surface area contributed by atoms with Gasteiger partial charge in [0.2, 0.25) is 10.0 Å². The number of aromatic nitrogens is 2. The number of halogens is 1. The third-order valence-corrected chi connectivity index (χ3v) is 7.15. The predicted molar refractivity (Wildman–Crippen MR) is 107 cm³/mol. The maximum absolute atomic E-state index is 13.5. The maximum atomic E-state index is 13.5. The number of sulfonamides is 1. The average molecular weight is 437 g/mol. The monoisotopic (exact) mass is 436 g/mol. The van der Waals surface area contributed by atoms with Crippen molar-refractivity contribution in [2.75, 3.05) is 26.2 Å². The second-order valence-electron chi connectivity index (χ2n) is 7.61. The smallest absolute Gasteiger partial charge is 0.274 e. The van der Waals surface area contributed by atoms with E-state index >= 15 is 0 Å². The molecule has 1 amide bonds. The molecule has 10 heteroatoms. The van der Waals surface area contributed by atoms with Crippen LogP contribution in [0.2, 0.25) is 0 Å². The molecule has 1 aromatic carbocycles. The van der Waals surface area contributed by atoms with E-state index in [0.717, 1.165) is 43.3 Å². The fraction of sp³-hybridized carbons (Fsp3) is 0.500. The fourth-order valence-electron chi connectivity index (χ4n) is 3.96. The van der Waals surface area contributed by atoms with E-state index in [1.807, 2.05) is 0 Å². The Morgan fingerprint density at radius 2 is 2.07 bits per heavy atom. The Hall–Kier alpha value is -2.30. The molecule has 2 aliphatic rings. The first-order valence-electron chi connectivity index (χ1n) is 10.1. The summed E-state index contributed by atoms with van der Waals surface area (Å²) in [6.45, 7) is 4.28. The van der Waals surface area contributed by atoms with Crippen LogP contribution in [0.3, 0.4) is 0 Å². The van der Waals surface area contributed by atoms with Crippen molar-refractivity contribution in [1.82, 2.24) is 19.4 Å². The number of nitrogens with zero attached hydrogens (tertiary/aromatic N) is 3. The van der Waals surface area contributed by atoms with Gasteiger partial charge in [-0.15, -0.1) is 0 Å². The Bertz CT molecular complexity index is 1060. The van der Waals surface area contributed by atoms with Gasteiger partial charge in [0, 0.05) is 37.3 Å². The highest BCUT2D eigenvalue weighted by Crippen LogP contribution is 2.24. The van der Waals surface area contributed by atoms with Crippen molar-refractivity contribution >= 4 is 15.9 Å². The molecule has 0 radical (unpaired) electrons. The van der Waals surface area contributed by atoms with Crippen LogP contribution in [0.15, 0.2) is 23.1 Å². The van der Waals surface area contributed by atoms with Gasteiger partial charge in [0.1, 0.15) is 5.82 Å². The van der Waals surface area contributed by atoms with E-state index in [1.54, 1.807) is 16.5 Å². The summed E-state index contributed by atoms with van der Waals surface area (Å²) in [6, 6.07) is 3.67. The van der Waals surface area contributed by atoms with E-state index in [9.17, 15) is 17.6 Å². The van der Waals surface area contributed by atoms with Gasteiger partial charge in [-0.05, 0) is 37.5 Å².